The first-order valence-corrected chi connectivity index (χ1v) is 11.2. The Morgan fingerprint density at radius 3 is 1.75 bits per heavy atom. The Hall–Kier alpha value is 0.690. The number of fused-ring (bicyclic) bond motifs is 1. The summed E-state index contributed by atoms with van der Waals surface area (Å²) < 4.78 is 8.21. The molecule has 1 aromatic rings. The van der Waals surface area contributed by atoms with E-state index in [1.54, 1.807) is 0 Å². The molecule has 1 aliphatic heterocycles. The molecule has 0 bridgehead atoms. The summed E-state index contributed by atoms with van der Waals surface area (Å²) in [5, 5.41) is 0. The van der Waals surface area contributed by atoms with E-state index in [9.17, 15) is 0 Å². The van der Waals surface area contributed by atoms with Crippen LogP contribution in [0.3, 0.4) is 0 Å². The molecule has 1 heterocycles. The first-order valence-electron chi connectivity index (χ1n) is 3.11. The molecule has 0 unspecified atom stereocenters. The van der Waals surface area contributed by atoms with E-state index in [4.69, 9.17) is 9.05 Å². The molecule has 0 amide bonds. The van der Waals surface area contributed by atoms with Gasteiger partial charge in [-0.3, -0.25) is 0 Å². The number of hydrogen-bond donors (Lipinski definition) is 0. The molecule has 0 saturated heterocycles. The maximum absolute atomic E-state index is 5.54. The van der Waals surface area contributed by atoms with Crippen molar-refractivity contribution in [1.82, 2.24) is 0 Å². The van der Waals surface area contributed by atoms with Gasteiger partial charge in [0.2, 0.25) is 0 Å². The van der Waals surface area contributed by atoms with Crippen LogP contribution < -0.4 is 9.05 Å². The van der Waals surface area contributed by atoms with E-state index in [0.29, 0.717) is 0 Å². The topological polar surface area (TPSA) is 18.5 Å². The molecule has 2 nitrogen and oxygen atoms in total. The van der Waals surface area contributed by atoms with E-state index in [1.165, 1.54) is 0 Å². The second-order valence-corrected chi connectivity index (χ2v) is 24.2. The van der Waals surface area contributed by atoms with Gasteiger partial charge in [0.05, 0.1) is 0 Å². The predicted molar refractivity (Wildman–Crippen MR) is 61.4 cm³/mol. The van der Waals surface area contributed by atoms with Crippen LogP contribution >= 0.6 is 49.6 Å². The van der Waals surface area contributed by atoms with Crippen molar-refractivity contribution in [2.45, 2.75) is 0 Å². The van der Waals surface area contributed by atoms with Crippen molar-refractivity contribution in [1.29, 1.82) is 0 Å². The van der Waals surface area contributed by atoms with Crippen LogP contribution in [0.4, 0.5) is 0 Å². The summed E-state index contributed by atoms with van der Waals surface area (Å²) in [6, 6.07) is 7.50. The third-order valence-electron chi connectivity index (χ3n) is 1.33. The molecule has 0 atom stereocenters. The average Bonchev–Trinajstić information content (AvgIpc) is 2.16. The minimum absolute atomic E-state index is 0.737. The zero-order valence-electron chi connectivity index (χ0n) is 5.71. The molecule has 1 aliphatic rings. The SMILES string of the molecule is BrP1(Br)(Br)Oc2ccccc2O1. The zero-order valence-corrected chi connectivity index (χ0v) is 11.4. The number of benzene rings is 1. The molecular weight excluding hydrogens is 375 g/mol. The van der Waals surface area contributed by atoms with Gasteiger partial charge in [-0.1, -0.05) is 0 Å². The number of halogens is 3. The minimum atomic E-state index is -2.87. The van der Waals surface area contributed by atoms with E-state index in [-0.39, 0.29) is 0 Å². The average molecular weight is 379 g/mol. The Morgan fingerprint density at radius 1 is 0.917 bits per heavy atom. The Kier molecular flexibility index (Phi) is 2.00. The van der Waals surface area contributed by atoms with Gasteiger partial charge in [0.25, 0.3) is 0 Å². The van der Waals surface area contributed by atoms with Gasteiger partial charge >= 0.3 is 94.4 Å². The summed E-state index contributed by atoms with van der Waals surface area (Å²) in [5.74, 6) is 1.47. The Balaban J connectivity index is 2.47. The third kappa shape index (κ3) is 1.79. The van der Waals surface area contributed by atoms with Crippen molar-refractivity contribution >= 4 is 49.6 Å². The van der Waals surface area contributed by atoms with Gasteiger partial charge in [0, 0.05) is 0 Å². The number of rotatable bonds is 0. The molecule has 1 aromatic carbocycles. The van der Waals surface area contributed by atoms with Gasteiger partial charge in [0.15, 0.2) is 0 Å². The van der Waals surface area contributed by atoms with Crippen molar-refractivity contribution in [3.8, 4) is 11.5 Å². The molecule has 0 N–H and O–H groups in total. The standard InChI is InChI=1S/C6H4Br3O2P/c7-12(8,9)10-5-3-1-2-4-6(5)11-12/h1-4H. The molecule has 0 saturated carbocycles. The van der Waals surface area contributed by atoms with Gasteiger partial charge in [-0.25, -0.2) is 0 Å². The van der Waals surface area contributed by atoms with Crippen LogP contribution in [0.15, 0.2) is 24.3 Å². The fraction of sp³-hybridized carbons (Fsp3) is 0. The first kappa shape index (κ1) is 9.25. The Morgan fingerprint density at radius 2 is 1.33 bits per heavy atom. The second kappa shape index (κ2) is 2.59. The third-order valence-corrected chi connectivity index (χ3v) is 4.89. The zero-order chi connectivity index (χ0) is 8.84. The van der Waals surface area contributed by atoms with Crippen molar-refractivity contribution in [3.05, 3.63) is 24.3 Å². The van der Waals surface area contributed by atoms with E-state index in [0.717, 1.165) is 11.5 Å². The summed E-state index contributed by atoms with van der Waals surface area (Å²) in [6.07, 6.45) is 0. The van der Waals surface area contributed by atoms with E-state index >= 15 is 0 Å². The second-order valence-electron chi connectivity index (χ2n) is 2.31. The van der Waals surface area contributed by atoms with Crippen LogP contribution in [-0.2, 0) is 0 Å². The van der Waals surface area contributed by atoms with Gasteiger partial charge in [-0.2, -0.15) is 0 Å². The fourth-order valence-electron chi connectivity index (χ4n) is 0.923. The molecule has 0 radical (unpaired) electrons. The summed E-state index contributed by atoms with van der Waals surface area (Å²) in [5.41, 5.74) is 0. The molecule has 12 heavy (non-hydrogen) atoms. The van der Waals surface area contributed by atoms with Crippen LogP contribution in [0.25, 0.3) is 0 Å². The van der Waals surface area contributed by atoms with Crippen molar-refractivity contribution in [2.24, 2.45) is 0 Å². The normalized spacial score (nSPS) is 25.8. The summed E-state index contributed by atoms with van der Waals surface area (Å²) in [6.45, 7) is 0. The molecule has 0 fully saturated rings. The van der Waals surface area contributed by atoms with Crippen LogP contribution in [-0.4, -0.2) is 0 Å². The van der Waals surface area contributed by atoms with Crippen molar-refractivity contribution in [2.75, 3.05) is 0 Å². The van der Waals surface area contributed by atoms with Gasteiger partial charge in [-0.05, 0) is 0 Å². The maximum atomic E-state index is 5.54. The summed E-state index contributed by atoms with van der Waals surface area (Å²) >= 11 is 10.0. The molecule has 0 spiro atoms. The summed E-state index contributed by atoms with van der Waals surface area (Å²) in [7, 11) is 0. The summed E-state index contributed by atoms with van der Waals surface area (Å²) in [4.78, 5) is 0. The van der Waals surface area contributed by atoms with Crippen LogP contribution in [0, 0.1) is 0 Å². The van der Waals surface area contributed by atoms with Gasteiger partial charge in [0.1, 0.15) is 0 Å². The van der Waals surface area contributed by atoms with Crippen LogP contribution in [0.1, 0.15) is 0 Å². The van der Waals surface area contributed by atoms with Gasteiger partial charge < -0.3 is 0 Å². The molecule has 66 valence electrons. The Bertz CT molecular complexity index is 304. The van der Waals surface area contributed by atoms with Crippen molar-refractivity contribution in [3.63, 3.8) is 0 Å². The molecule has 0 aromatic heterocycles. The molecular formula is C6H4Br3O2P. The van der Waals surface area contributed by atoms with Gasteiger partial charge in [-0.15, -0.1) is 0 Å². The molecule has 2 rings (SSSR count). The molecule has 6 heteroatoms. The molecule has 0 aliphatic carbocycles. The number of para-hydroxylation sites is 2. The van der Waals surface area contributed by atoms with E-state index < -0.39 is 3.16 Å². The predicted octanol–water partition coefficient (Wildman–Crippen LogP) is 4.77. The number of hydrogen-bond acceptors (Lipinski definition) is 2. The van der Waals surface area contributed by atoms with E-state index in [2.05, 4.69) is 46.5 Å². The quantitative estimate of drug-likeness (QED) is 0.605. The fourth-order valence-corrected chi connectivity index (χ4v) is 4.68. The van der Waals surface area contributed by atoms with Crippen LogP contribution in [0.2, 0.25) is 0 Å². The monoisotopic (exact) mass is 376 g/mol. The Labute approximate surface area is 93.9 Å². The van der Waals surface area contributed by atoms with E-state index in [1.807, 2.05) is 24.3 Å². The van der Waals surface area contributed by atoms with Crippen molar-refractivity contribution < 1.29 is 9.05 Å². The van der Waals surface area contributed by atoms with Crippen LogP contribution in [0.5, 0.6) is 11.5 Å². The first-order chi connectivity index (χ1) is 5.44.